The molecule has 0 aromatic carbocycles. The van der Waals surface area contributed by atoms with E-state index in [0.717, 1.165) is 32.1 Å². The van der Waals surface area contributed by atoms with Gasteiger partial charge in [0.05, 0.1) is 5.60 Å². The van der Waals surface area contributed by atoms with Crippen molar-refractivity contribution in [1.82, 2.24) is 0 Å². The zero-order chi connectivity index (χ0) is 34.4. The molecular formula is C33H58F6O3Si2. The van der Waals surface area contributed by atoms with Gasteiger partial charge in [0.25, 0.3) is 0 Å². The van der Waals surface area contributed by atoms with Crippen molar-refractivity contribution in [2.45, 2.75) is 174 Å². The molecule has 0 radical (unpaired) electrons. The van der Waals surface area contributed by atoms with Crippen molar-refractivity contribution in [2.75, 3.05) is 0 Å². The summed E-state index contributed by atoms with van der Waals surface area (Å²) in [5, 5.41) is 9.78. The molecule has 0 spiro atoms. The molecule has 5 atom stereocenters. The van der Waals surface area contributed by atoms with Crippen LogP contribution in [0.3, 0.4) is 0 Å². The minimum Gasteiger partial charge on any atom is -0.414 e. The number of hydrogen-bond donors (Lipinski definition) is 1. The van der Waals surface area contributed by atoms with Gasteiger partial charge in [0.2, 0.25) is 0 Å². The van der Waals surface area contributed by atoms with Crippen LogP contribution in [0, 0.1) is 34.5 Å². The highest BCUT2D eigenvalue weighted by Crippen LogP contribution is 2.63. The van der Waals surface area contributed by atoms with E-state index in [-0.39, 0.29) is 34.8 Å². The smallest absolute Gasteiger partial charge is 0.414 e. The van der Waals surface area contributed by atoms with Crippen molar-refractivity contribution < 1.29 is 40.3 Å². The SMILES string of the molecule is CC(C)(CCC[C@@](C)(CC#CC(O)(C(F)(F)F)C(F)(F)F)[C@H]1CC[C@H]2[C@@H](O[Si](C)(C)C(C)(C)C)CCC[C@]12C)O[Si](C)(C)C. The Labute approximate surface area is 264 Å². The minimum atomic E-state index is -5.96. The molecular weight excluding hydrogens is 615 g/mol. The van der Waals surface area contributed by atoms with E-state index in [1.165, 1.54) is 5.92 Å². The first-order chi connectivity index (χ1) is 19.4. The normalized spacial score (nSPS) is 27.4. The summed E-state index contributed by atoms with van der Waals surface area (Å²) in [6, 6.07) is 0. The summed E-state index contributed by atoms with van der Waals surface area (Å²) in [7, 11) is -3.91. The molecule has 0 unspecified atom stereocenters. The van der Waals surface area contributed by atoms with Crippen LogP contribution in [0.5, 0.6) is 0 Å². The lowest BCUT2D eigenvalue weighted by Gasteiger charge is -2.52. The second kappa shape index (κ2) is 12.8. The number of aliphatic hydroxyl groups is 1. The van der Waals surface area contributed by atoms with Gasteiger partial charge in [0, 0.05) is 12.5 Å². The maximum absolute atomic E-state index is 13.4. The molecule has 2 saturated carbocycles. The third-order valence-corrected chi connectivity index (χ3v) is 16.5. The van der Waals surface area contributed by atoms with Gasteiger partial charge in [-0.15, -0.1) is 0 Å². The number of rotatable bonds is 10. The lowest BCUT2D eigenvalue weighted by molar-refractivity contribution is -0.343. The predicted octanol–water partition coefficient (Wildman–Crippen LogP) is 10.6. The van der Waals surface area contributed by atoms with Crippen LogP contribution in [0.15, 0.2) is 0 Å². The monoisotopic (exact) mass is 672 g/mol. The molecule has 44 heavy (non-hydrogen) atoms. The van der Waals surface area contributed by atoms with Crippen LogP contribution >= 0.6 is 0 Å². The van der Waals surface area contributed by atoms with Crippen molar-refractivity contribution >= 4 is 16.6 Å². The van der Waals surface area contributed by atoms with E-state index < -0.39 is 45.6 Å². The van der Waals surface area contributed by atoms with Crippen molar-refractivity contribution in [3.63, 3.8) is 0 Å². The molecule has 3 nitrogen and oxygen atoms in total. The number of halogens is 6. The average molecular weight is 673 g/mol. The van der Waals surface area contributed by atoms with Gasteiger partial charge in [-0.3, -0.25) is 0 Å². The molecule has 0 heterocycles. The third kappa shape index (κ3) is 8.87. The fraction of sp³-hybridized carbons (Fsp3) is 0.939. The van der Waals surface area contributed by atoms with Crippen LogP contribution in [0.4, 0.5) is 26.3 Å². The Morgan fingerprint density at radius 2 is 1.39 bits per heavy atom. The lowest BCUT2D eigenvalue weighted by atomic mass is 9.56. The quantitative estimate of drug-likeness (QED) is 0.143. The van der Waals surface area contributed by atoms with Gasteiger partial charge >= 0.3 is 18.0 Å². The molecule has 0 aromatic rings. The summed E-state index contributed by atoms with van der Waals surface area (Å²) in [5.41, 5.74) is -6.32. The highest BCUT2D eigenvalue weighted by molar-refractivity contribution is 6.74. The maximum Gasteiger partial charge on any atom is 0.438 e. The summed E-state index contributed by atoms with van der Waals surface area (Å²) in [6.07, 6.45) is -5.46. The van der Waals surface area contributed by atoms with Crippen LogP contribution in [-0.4, -0.2) is 51.4 Å². The Bertz CT molecular complexity index is 1030. The molecule has 2 aliphatic rings. The van der Waals surface area contributed by atoms with E-state index in [0.29, 0.717) is 19.3 Å². The summed E-state index contributed by atoms with van der Waals surface area (Å²) in [5.74, 6) is 3.78. The molecule has 2 aliphatic carbocycles. The van der Waals surface area contributed by atoms with Crippen LogP contribution < -0.4 is 0 Å². The van der Waals surface area contributed by atoms with Crippen LogP contribution in [0.25, 0.3) is 0 Å². The molecule has 0 bridgehead atoms. The molecule has 1 N–H and O–H groups in total. The predicted molar refractivity (Wildman–Crippen MR) is 170 cm³/mol. The fourth-order valence-corrected chi connectivity index (χ4v) is 11.0. The van der Waals surface area contributed by atoms with Gasteiger partial charge in [-0.2, -0.15) is 26.3 Å². The van der Waals surface area contributed by atoms with Gasteiger partial charge in [0.1, 0.15) is 0 Å². The van der Waals surface area contributed by atoms with E-state index >= 15 is 0 Å². The van der Waals surface area contributed by atoms with E-state index in [4.69, 9.17) is 8.85 Å². The second-order valence-corrected chi connectivity index (χ2v) is 26.4. The van der Waals surface area contributed by atoms with E-state index in [1.807, 2.05) is 20.8 Å². The first-order valence-corrected chi connectivity index (χ1v) is 22.5. The molecule has 0 aromatic heterocycles. The van der Waals surface area contributed by atoms with Gasteiger partial charge in [-0.1, -0.05) is 53.4 Å². The topological polar surface area (TPSA) is 38.7 Å². The van der Waals surface area contributed by atoms with E-state index in [1.54, 1.807) is 0 Å². The molecule has 0 saturated heterocycles. The Hall–Kier alpha value is -0.546. The number of alkyl halides is 6. The van der Waals surface area contributed by atoms with Crippen LogP contribution in [0.2, 0.25) is 37.8 Å². The minimum absolute atomic E-state index is 0.0333. The van der Waals surface area contributed by atoms with Gasteiger partial charge in [0.15, 0.2) is 16.6 Å². The van der Waals surface area contributed by atoms with Crippen molar-refractivity contribution in [3.8, 4) is 11.8 Å². The van der Waals surface area contributed by atoms with Crippen molar-refractivity contribution in [2.24, 2.45) is 22.7 Å². The highest BCUT2D eigenvalue weighted by atomic mass is 28.4. The Morgan fingerprint density at radius 1 is 0.841 bits per heavy atom. The highest BCUT2D eigenvalue weighted by Gasteiger charge is 2.70. The van der Waals surface area contributed by atoms with Crippen LogP contribution in [-0.2, 0) is 8.85 Å². The Morgan fingerprint density at radius 3 is 1.86 bits per heavy atom. The number of fused-ring (bicyclic) bond motifs is 1. The van der Waals surface area contributed by atoms with Gasteiger partial charge in [-0.05, 0) is 119 Å². The molecule has 2 fully saturated rings. The summed E-state index contributed by atoms with van der Waals surface area (Å²) in [4.78, 5) is 0. The Kier molecular flexibility index (Phi) is 11.5. The van der Waals surface area contributed by atoms with Crippen molar-refractivity contribution in [3.05, 3.63) is 0 Å². The molecule has 0 aliphatic heterocycles. The second-order valence-electron chi connectivity index (χ2n) is 17.2. The first-order valence-electron chi connectivity index (χ1n) is 16.1. The van der Waals surface area contributed by atoms with Crippen molar-refractivity contribution in [1.29, 1.82) is 0 Å². The average Bonchev–Trinajstić information content (AvgIpc) is 3.13. The molecule has 2 rings (SSSR count). The van der Waals surface area contributed by atoms with Gasteiger partial charge < -0.3 is 14.0 Å². The largest absolute Gasteiger partial charge is 0.438 e. The molecule has 258 valence electrons. The molecule has 0 amide bonds. The third-order valence-electron chi connectivity index (χ3n) is 10.8. The summed E-state index contributed by atoms with van der Waals surface area (Å²) < 4.78 is 94.0. The number of hydrogen-bond acceptors (Lipinski definition) is 3. The summed E-state index contributed by atoms with van der Waals surface area (Å²) in [6.45, 7) is 25.8. The zero-order valence-corrected chi connectivity index (χ0v) is 31.1. The lowest BCUT2D eigenvalue weighted by Crippen LogP contribution is -2.55. The van der Waals surface area contributed by atoms with Gasteiger partial charge in [-0.25, -0.2) is 0 Å². The first kappa shape index (κ1) is 39.6. The standard InChI is InChI=1S/C33H58F6O3Si2/c1-27(2,3)44(11,12)41-25-16-13-22-30(7)24(25)17-18-26(30)29(6,20-14-19-28(4,5)42-43(8,9)10)21-15-23-31(40,32(34,35)36)33(37,38)39/h24-26,40H,13-14,16-22H2,1-12H3/t24-,25-,26+,29-,30-/m0/s1. The fourth-order valence-electron chi connectivity index (χ4n) is 7.82. The van der Waals surface area contributed by atoms with Crippen LogP contribution in [0.1, 0.15) is 106 Å². The molecule has 11 heteroatoms. The zero-order valence-electron chi connectivity index (χ0n) is 29.1. The summed E-state index contributed by atoms with van der Waals surface area (Å²) >= 11 is 0. The van der Waals surface area contributed by atoms with E-state index in [9.17, 15) is 31.4 Å². The maximum atomic E-state index is 13.4. The Balaban J connectivity index is 2.47. The van der Waals surface area contributed by atoms with E-state index in [2.05, 4.69) is 66.4 Å².